The first-order valence-corrected chi connectivity index (χ1v) is 6.39. The zero-order chi connectivity index (χ0) is 13.1. The first-order chi connectivity index (χ1) is 8.58. The summed E-state index contributed by atoms with van der Waals surface area (Å²) in [7, 11) is 0. The van der Waals surface area contributed by atoms with Crippen LogP contribution in [0.4, 0.5) is 0 Å². The van der Waals surface area contributed by atoms with E-state index in [4.69, 9.17) is 11.6 Å². The van der Waals surface area contributed by atoms with Gasteiger partial charge in [-0.1, -0.05) is 11.6 Å². The molecule has 1 aliphatic heterocycles. The van der Waals surface area contributed by atoms with Crippen LogP contribution in [0.1, 0.15) is 15.9 Å². The lowest BCUT2D eigenvalue weighted by Crippen LogP contribution is -2.34. The molecule has 19 heavy (non-hydrogen) atoms. The van der Waals surface area contributed by atoms with Crippen LogP contribution in [0.5, 0.6) is 0 Å². The van der Waals surface area contributed by atoms with Crippen molar-refractivity contribution in [3.05, 3.63) is 34.3 Å². The molecular formula is C13H18Cl2N2O2. The predicted octanol–water partition coefficient (Wildman–Crippen LogP) is 1.38. The van der Waals surface area contributed by atoms with E-state index in [2.05, 4.69) is 10.6 Å². The molecule has 2 rings (SSSR count). The minimum Gasteiger partial charge on any atom is -0.391 e. The van der Waals surface area contributed by atoms with E-state index >= 15 is 0 Å². The number of rotatable bonds is 3. The number of carbonyl (C=O) groups excluding carboxylic acids is 1. The zero-order valence-corrected chi connectivity index (χ0v) is 12.2. The number of nitrogens with one attached hydrogen (secondary N) is 2. The second-order valence-corrected chi connectivity index (χ2v) is 5.07. The Balaban J connectivity index is 0.00000180. The molecule has 0 saturated carbocycles. The number of hydrogen-bond donors (Lipinski definition) is 3. The summed E-state index contributed by atoms with van der Waals surface area (Å²) < 4.78 is 0. The van der Waals surface area contributed by atoms with Crippen molar-refractivity contribution in [1.29, 1.82) is 0 Å². The van der Waals surface area contributed by atoms with Crippen molar-refractivity contribution in [2.45, 2.75) is 13.0 Å². The summed E-state index contributed by atoms with van der Waals surface area (Å²) in [5.74, 6) is -0.0452. The van der Waals surface area contributed by atoms with Gasteiger partial charge in [0.15, 0.2) is 0 Å². The molecule has 2 atom stereocenters. The van der Waals surface area contributed by atoms with Crippen LogP contribution in [0.25, 0.3) is 0 Å². The molecule has 3 N–H and O–H groups in total. The topological polar surface area (TPSA) is 61.4 Å². The van der Waals surface area contributed by atoms with Crippen LogP contribution in [0, 0.1) is 12.8 Å². The molecule has 1 aromatic carbocycles. The fraction of sp³-hybridized carbons (Fsp3) is 0.462. The minimum absolute atomic E-state index is 0. The van der Waals surface area contributed by atoms with Gasteiger partial charge in [-0.2, -0.15) is 0 Å². The fourth-order valence-corrected chi connectivity index (χ4v) is 2.16. The lowest BCUT2D eigenvalue weighted by molar-refractivity contribution is 0.0927. The van der Waals surface area contributed by atoms with E-state index in [0.29, 0.717) is 23.7 Å². The van der Waals surface area contributed by atoms with Gasteiger partial charge in [0.05, 0.1) is 6.10 Å². The normalized spacial score (nSPS) is 21.8. The van der Waals surface area contributed by atoms with Crippen LogP contribution >= 0.6 is 24.0 Å². The maximum atomic E-state index is 11.9. The molecule has 106 valence electrons. The Morgan fingerprint density at radius 3 is 2.84 bits per heavy atom. The maximum absolute atomic E-state index is 11.9. The largest absolute Gasteiger partial charge is 0.391 e. The van der Waals surface area contributed by atoms with Gasteiger partial charge in [-0.05, 0) is 30.7 Å². The molecule has 2 unspecified atom stereocenters. The first kappa shape index (κ1) is 16.2. The highest BCUT2D eigenvalue weighted by atomic mass is 35.5. The lowest BCUT2D eigenvalue weighted by atomic mass is 10.1. The highest BCUT2D eigenvalue weighted by Gasteiger charge is 2.25. The second kappa shape index (κ2) is 7.10. The zero-order valence-electron chi connectivity index (χ0n) is 10.6. The average molecular weight is 305 g/mol. The van der Waals surface area contributed by atoms with Crippen LogP contribution in [-0.2, 0) is 0 Å². The van der Waals surface area contributed by atoms with Gasteiger partial charge in [0.2, 0.25) is 0 Å². The Hall–Kier alpha value is -0.810. The first-order valence-electron chi connectivity index (χ1n) is 6.01. The number of carbonyl (C=O) groups is 1. The Labute approximate surface area is 123 Å². The third kappa shape index (κ3) is 4.08. The second-order valence-electron chi connectivity index (χ2n) is 4.66. The van der Waals surface area contributed by atoms with Crippen molar-refractivity contribution in [3.8, 4) is 0 Å². The molecule has 1 aromatic rings. The van der Waals surface area contributed by atoms with Crippen molar-refractivity contribution in [3.63, 3.8) is 0 Å². The number of halogens is 2. The number of aliphatic hydroxyl groups excluding tert-OH is 1. The van der Waals surface area contributed by atoms with Crippen molar-refractivity contribution in [1.82, 2.24) is 10.6 Å². The van der Waals surface area contributed by atoms with Crippen LogP contribution in [-0.4, -0.2) is 36.8 Å². The summed E-state index contributed by atoms with van der Waals surface area (Å²) in [6.45, 7) is 3.68. The highest BCUT2D eigenvalue weighted by molar-refractivity contribution is 6.31. The van der Waals surface area contributed by atoms with Crippen molar-refractivity contribution >= 4 is 29.9 Å². The van der Waals surface area contributed by atoms with Crippen LogP contribution in [0.15, 0.2) is 18.2 Å². The molecule has 0 bridgehead atoms. The summed E-state index contributed by atoms with van der Waals surface area (Å²) in [6.07, 6.45) is -0.378. The van der Waals surface area contributed by atoms with Crippen LogP contribution in [0.2, 0.25) is 5.02 Å². The molecule has 6 heteroatoms. The Morgan fingerprint density at radius 2 is 2.26 bits per heavy atom. The van der Waals surface area contributed by atoms with Gasteiger partial charge in [0.25, 0.3) is 5.91 Å². The summed E-state index contributed by atoms with van der Waals surface area (Å²) in [5, 5.41) is 16.2. The molecule has 0 radical (unpaired) electrons. The van der Waals surface area contributed by atoms with E-state index in [1.165, 1.54) is 0 Å². The van der Waals surface area contributed by atoms with Crippen molar-refractivity contribution < 1.29 is 9.90 Å². The number of β-amino-alcohol motifs (C(OH)–C–C–N with tert-alkyl or cyclic N) is 1. The maximum Gasteiger partial charge on any atom is 0.251 e. The van der Waals surface area contributed by atoms with Gasteiger partial charge in [-0.15, -0.1) is 12.4 Å². The van der Waals surface area contributed by atoms with E-state index in [1.54, 1.807) is 18.2 Å². The summed E-state index contributed by atoms with van der Waals surface area (Å²) >= 11 is 5.91. The quantitative estimate of drug-likeness (QED) is 0.791. The van der Waals surface area contributed by atoms with Gasteiger partial charge < -0.3 is 15.7 Å². The molecule has 1 amide bonds. The molecule has 1 fully saturated rings. The Morgan fingerprint density at radius 1 is 1.53 bits per heavy atom. The van der Waals surface area contributed by atoms with E-state index in [1.807, 2.05) is 6.92 Å². The highest BCUT2D eigenvalue weighted by Crippen LogP contribution is 2.16. The predicted molar refractivity (Wildman–Crippen MR) is 78.1 cm³/mol. The minimum atomic E-state index is -0.378. The van der Waals surface area contributed by atoms with Crippen LogP contribution in [0.3, 0.4) is 0 Å². The molecule has 0 aromatic heterocycles. The standard InChI is InChI=1S/C13H17ClN2O2.ClH/c1-8-4-9(2-3-11(8)14)13(18)16-6-10-5-15-7-12(10)17;/h2-4,10,12,15,17H,5-7H2,1H3,(H,16,18);1H. The number of aliphatic hydroxyl groups is 1. The molecule has 1 heterocycles. The van der Waals surface area contributed by atoms with Gasteiger partial charge in [0.1, 0.15) is 0 Å². The third-order valence-corrected chi connectivity index (χ3v) is 3.67. The summed E-state index contributed by atoms with van der Waals surface area (Å²) in [6, 6.07) is 5.19. The number of benzene rings is 1. The molecule has 1 saturated heterocycles. The monoisotopic (exact) mass is 304 g/mol. The fourth-order valence-electron chi connectivity index (χ4n) is 2.04. The van der Waals surface area contributed by atoms with E-state index < -0.39 is 0 Å². The van der Waals surface area contributed by atoms with Gasteiger partial charge in [-0.3, -0.25) is 4.79 Å². The lowest BCUT2D eigenvalue weighted by Gasteiger charge is -2.14. The Bertz CT molecular complexity index is 454. The third-order valence-electron chi connectivity index (χ3n) is 3.25. The summed E-state index contributed by atoms with van der Waals surface area (Å²) in [5.41, 5.74) is 1.48. The molecular weight excluding hydrogens is 287 g/mol. The molecule has 1 aliphatic rings. The molecule has 0 aliphatic carbocycles. The SMILES string of the molecule is Cc1cc(C(=O)NCC2CNCC2O)ccc1Cl.Cl. The van der Waals surface area contributed by atoms with Crippen molar-refractivity contribution in [2.75, 3.05) is 19.6 Å². The van der Waals surface area contributed by atoms with Crippen LogP contribution < -0.4 is 10.6 Å². The van der Waals surface area contributed by atoms with E-state index in [9.17, 15) is 9.90 Å². The van der Waals surface area contributed by atoms with E-state index in [-0.39, 0.29) is 30.3 Å². The number of amides is 1. The number of hydrogen-bond acceptors (Lipinski definition) is 3. The van der Waals surface area contributed by atoms with E-state index in [0.717, 1.165) is 12.1 Å². The molecule has 4 nitrogen and oxygen atoms in total. The summed E-state index contributed by atoms with van der Waals surface area (Å²) in [4.78, 5) is 11.9. The van der Waals surface area contributed by atoms with Gasteiger partial charge in [0, 0.05) is 36.1 Å². The number of aryl methyl sites for hydroxylation is 1. The average Bonchev–Trinajstić information content (AvgIpc) is 2.75. The van der Waals surface area contributed by atoms with Gasteiger partial charge in [-0.25, -0.2) is 0 Å². The Kier molecular flexibility index (Phi) is 6.07. The van der Waals surface area contributed by atoms with Gasteiger partial charge >= 0.3 is 0 Å². The van der Waals surface area contributed by atoms with Crippen molar-refractivity contribution in [2.24, 2.45) is 5.92 Å². The smallest absolute Gasteiger partial charge is 0.251 e. The molecule has 0 spiro atoms.